The summed E-state index contributed by atoms with van der Waals surface area (Å²) in [7, 11) is 0. The van der Waals surface area contributed by atoms with Gasteiger partial charge in [-0.1, -0.05) is 0 Å². The van der Waals surface area contributed by atoms with E-state index in [1.165, 1.54) is 5.56 Å². The number of nitrogens with zero attached hydrogens (tertiary/aromatic N) is 5. The first-order valence-corrected chi connectivity index (χ1v) is 11.6. The molecule has 0 aromatic carbocycles. The first-order chi connectivity index (χ1) is 15.4. The van der Waals surface area contributed by atoms with Crippen LogP contribution in [-0.2, 0) is 11.2 Å². The molecule has 1 saturated carbocycles. The van der Waals surface area contributed by atoms with Crippen molar-refractivity contribution in [1.29, 1.82) is 0 Å². The average Bonchev–Trinajstić information content (AvgIpc) is 3.47. The number of pyridine rings is 1. The summed E-state index contributed by atoms with van der Waals surface area (Å²) in [6.45, 7) is 6.49. The van der Waals surface area contributed by atoms with Gasteiger partial charge >= 0.3 is 0 Å². The summed E-state index contributed by atoms with van der Waals surface area (Å²) in [5.41, 5.74) is 10.4. The molecule has 166 valence electrons. The summed E-state index contributed by atoms with van der Waals surface area (Å²) >= 11 is 0. The van der Waals surface area contributed by atoms with Crippen LogP contribution >= 0.6 is 0 Å². The maximum absolute atomic E-state index is 6.62. The molecule has 4 aromatic rings. The molecule has 5 heterocycles. The van der Waals surface area contributed by atoms with E-state index < -0.39 is 0 Å². The van der Waals surface area contributed by atoms with Gasteiger partial charge in [0.25, 0.3) is 0 Å². The van der Waals surface area contributed by atoms with Crippen LogP contribution in [0.2, 0.25) is 0 Å². The van der Waals surface area contributed by atoms with E-state index in [0.29, 0.717) is 17.7 Å². The Hall–Kier alpha value is -2.93. The molecule has 0 amide bonds. The number of fused-ring (bicyclic) bond motifs is 3. The molecule has 0 bridgehead atoms. The highest BCUT2D eigenvalue weighted by Crippen LogP contribution is 2.53. The fraction of sp³-hybridized carbons (Fsp3) is 0.480. The van der Waals surface area contributed by atoms with Crippen molar-refractivity contribution in [3.8, 4) is 0 Å². The number of aromatic nitrogens is 5. The highest BCUT2D eigenvalue weighted by molar-refractivity contribution is 5.86. The first kappa shape index (κ1) is 19.7. The Balaban J connectivity index is 1.27. The topological polar surface area (TPSA) is 83.3 Å². The molecule has 2 fully saturated rings. The van der Waals surface area contributed by atoms with Gasteiger partial charge < -0.3 is 19.4 Å². The van der Waals surface area contributed by atoms with Crippen LogP contribution in [0.5, 0.6) is 0 Å². The van der Waals surface area contributed by atoms with Gasteiger partial charge in [0.15, 0.2) is 0 Å². The predicted octanol–water partition coefficient (Wildman–Crippen LogP) is 4.35. The molecule has 4 aromatic heterocycles. The summed E-state index contributed by atoms with van der Waals surface area (Å²) in [6.07, 6.45) is 12.5. The van der Waals surface area contributed by atoms with Crippen molar-refractivity contribution in [3.05, 3.63) is 54.4 Å². The number of nitrogens with two attached hydrogens (primary N) is 1. The molecule has 1 saturated heterocycles. The average molecular weight is 431 g/mol. The van der Waals surface area contributed by atoms with E-state index in [9.17, 15) is 0 Å². The lowest BCUT2D eigenvalue weighted by Gasteiger charge is -2.25. The predicted molar refractivity (Wildman–Crippen MR) is 124 cm³/mol. The zero-order chi connectivity index (χ0) is 22.0. The van der Waals surface area contributed by atoms with Gasteiger partial charge in [-0.25, -0.2) is 15.0 Å². The Bertz CT molecular complexity index is 1300. The Morgan fingerprint density at radius 1 is 1.22 bits per heavy atom. The van der Waals surface area contributed by atoms with Crippen molar-refractivity contribution < 1.29 is 4.74 Å². The van der Waals surface area contributed by atoms with E-state index >= 15 is 0 Å². The normalized spacial score (nSPS) is 26.8. The van der Waals surface area contributed by atoms with E-state index in [4.69, 9.17) is 10.5 Å². The zero-order valence-corrected chi connectivity index (χ0v) is 18.9. The second-order valence-electron chi connectivity index (χ2n) is 10.2. The fourth-order valence-electron chi connectivity index (χ4n) is 6.13. The second-order valence-corrected chi connectivity index (χ2v) is 10.2. The Kier molecular flexibility index (Phi) is 4.34. The number of anilines is 1. The van der Waals surface area contributed by atoms with Crippen LogP contribution in [0.25, 0.3) is 16.7 Å². The molecule has 2 aliphatic rings. The minimum Gasteiger partial charge on any atom is -0.383 e. The smallest absolute Gasteiger partial charge is 0.145 e. The van der Waals surface area contributed by atoms with Crippen LogP contribution in [0.3, 0.4) is 0 Å². The van der Waals surface area contributed by atoms with Gasteiger partial charge in [-0.2, -0.15) is 0 Å². The zero-order valence-electron chi connectivity index (χ0n) is 18.9. The quantitative estimate of drug-likeness (QED) is 0.520. The van der Waals surface area contributed by atoms with Gasteiger partial charge in [-0.05, 0) is 82.1 Å². The first-order valence-electron chi connectivity index (χ1n) is 11.6. The molecule has 1 aliphatic carbocycles. The number of ether oxygens (including phenoxy) is 1. The van der Waals surface area contributed by atoms with Crippen molar-refractivity contribution in [2.45, 2.75) is 64.2 Å². The van der Waals surface area contributed by atoms with Gasteiger partial charge in [0, 0.05) is 18.6 Å². The molecule has 7 heteroatoms. The van der Waals surface area contributed by atoms with Crippen molar-refractivity contribution >= 4 is 22.5 Å². The largest absolute Gasteiger partial charge is 0.383 e. The summed E-state index contributed by atoms with van der Waals surface area (Å²) in [5.74, 6) is 1.71. The van der Waals surface area contributed by atoms with Crippen LogP contribution in [-0.4, -0.2) is 35.6 Å². The summed E-state index contributed by atoms with van der Waals surface area (Å²) in [6, 6.07) is 6.77. The van der Waals surface area contributed by atoms with Crippen molar-refractivity contribution in [2.75, 3.05) is 5.73 Å². The monoisotopic (exact) mass is 430 g/mol. The lowest BCUT2D eigenvalue weighted by molar-refractivity contribution is -0.0346. The van der Waals surface area contributed by atoms with Gasteiger partial charge in [-0.3, -0.25) is 0 Å². The van der Waals surface area contributed by atoms with E-state index in [2.05, 4.69) is 68.5 Å². The van der Waals surface area contributed by atoms with Gasteiger partial charge in [0.2, 0.25) is 0 Å². The molecular formula is C25H30N6O. The molecule has 0 spiro atoms. The number of hydrogen-bond acceptors (Lipinski definition) is 5. The Morgan fingerprint density at radius 3 is 2.97 bits per heavy atom. The van der Waals surface area contributed by atoms with Crippen LogP contribution in [0.15, 0.2) is 43.1 Å². The number of hydrogen-bond donors (Lipinski definition) is 1. The van der Waals surface area contributed by atoms with Crippen LogP contribution in [0.1, 0.15) is 50.4 Å². The van der Waals surface area contributed by atoms with E-state index in [-0.39, 0.29) is 17.7 Å². The number of aryl methyl sites for hydroxylation is 2. The van der Waals surface area contributed by atoms with Crippen molar-refractivity contribution in [2.24, 2.45) is 11.8 Å². The van der Waals surface area contributed by atoms with Gasteiger partial charge in [0.05, 0.1) is 28.8 Å². The van der Waals surface area contributed by atoms with Gasteiger partial charge in [-0.15, -0.1) is 0 Å². The molecule has 0 unspecified atom stereocenters. The lowest BCUT2D eigenvalue weighted by Crippen LogP contribution is -2.26. The minimum absolute atomic E-state index is 0.0878. The minimum atomic E-state index is -0.0878. The molecule has 4 atom stereocenters. The summed E-state index contributed by atoms with van der Waals surface area (Å²) in [5, 5.41) is 0.924. The van der Waals surface area contributed by atoms with Crippen LogP contribution in [0.4, 0.5) is 5.82 Å². The molecule has 7 nitrogen and oxygen atoms in total. The lowest BCUT2D eigenvalue weighted by atomic mass is 9.84. The van der Waals surface area contributed by atoms with Crippen molar-refractivity contribution in [3.63, 3.8) is 0 Å². The standard InChI is InChI=1S/C25H30N6O/c1-15-13-30-8-6-16(10-21(30)29-15)4-5-17-11-20(22-19(17)12-25(2,3)32-22)31-9-7-18-23(26)27-14-28-24(18)31/h6-10,13-14,17,19-20,22H,4-5,11-12H2,1-3H3,(H2,26,27,28)/t17-,19+,20+,22+/m0/s1. The molecule has 1 aliphatic heterocycles. The Labute approximate surface area is 187 Å². The molecule has 0 radical (unpaired) electrons. The van der Waals surface area contributed by atoms with Crippen molar-refractivity contribution in [1.82, 2.24) is 23.9 Å². The third-order valence-corrected chi connectivity index (χ3v) is 7.48. The number of rotatable bonds is 4. The molecule has 2 N–H and O–H groups in total. The summed E-state index contributed by atoms with van der Waals surface area (Å²) in [4.78, 5) is 13.3. The number of nitrogen functional groups attached to an aromatic ring is 1. The van der Waals surface area contributed by atoms with E-state index in [1.54, 1.807) is 6.33 Å². The maximum Gasteiger partial charge on any atom is 0.145 e. The van der Waals surface area contributed by atoms with E-state index in [1.807, 2.05) is 13.0 Å². The second kappa shape index (κ2) is 7.04. The fourth-order valence-corrected chi connectivity index (χ4v) is 6.13. The number of imidazole rings is 1. The maximum atomic E-state index is 6.62. The van der Waals surface area contributed by atoms with E-state index in [0.717, 1.165) is 48.1 Å². The van der Waals surface area contributed by atoms with Crippen LogP contribution in [0, 0.1) is 18.8 Å². The van der Waals surface area contributed by atoms with Crippen LogP contribution < -0.4 is 5.73 Å². The molecular weight excluding hydrogens is 400 g/mol. The molecule has 6 rings (SSSR count). The van der Waals surface area contributed by atoms with Gasteiger partial charge in [0.1, 0.15) is 23.4 Å². The SMILES string of the molecule is Cc1cn2ccc(CC[C@H]3C[C@@H](n4ccc5c(N)ncnc54)[C@@H]4OC(C)(C)C[C@H]34)cc2n1. The molecule has 32 heavy (non-hydrogen) atoms. The summed E-state index contributed by atoms with van der Waals surface area (Å²) < 4.78 is 11.0. The highest BCUT2D eigenvalue weighted by Gasteiger charge is 2.53. The Morgan fingerprint density at radius 2 is 2.09 bits per heavy atom. The third-order valence-electron chi connectivity index (χ3n) is 7.48. The highest BCUT2D eigenvalue weighted by atomic mass is 16.5. The third kappa shape index (κ3) is 3.18.